The minimum absolute atomic E-state index is 0.00685. The summed E-state index contributed by atoms with van der Waals surface area (Å²) in [5.41, 5.74) is 6.32. The highest BCUT2D eigenvalue weighted by molar-refractivity contribution is 5.92. The molecule has 7 rings (SSSR count). The summed E-state index contributed by atoms with van der Waals surface area (Å²) in [5.74, 6) is 0.101. The second-order valence-electron chi connectivity index (χ2n) is 12.5. The monoisotopic (exact) mass is 622 g/mol. The highest BCUT2D eigenvalue weighted by Gasteiger charge is 2.36. The number of H-pyrrole nitrogens is 1. The van der Waals surface area contributed by atoms with Gasteiger partial charge in [0, 0.05) is 68.7 Å². The molecule has 0 aliphatic carbocycles. The number of rotatable bonds is 6. The number of fused-ring (bicyclic) bond motifs is 2. The van der Waals surface area contributed by atoms with Crippen LogP contribution in [0.25, 0.3) is 11.0 Å². The van der Waals surface area contributed by atoms with Gasteiger partial charge in [-0.3, -0.25) is 14.9 Å². The Hall–Kier alpha value is -5.00. The summed E-state index contributed by atoms with van der Waals surface area (Å²) in [7, 11) is 0. The Morgan fingerprint density at radius 2 is 1.74 bits per heavy atom. The average Bonchev–Trinajstić information content (AvgIpc) is 3.57. The van der Waals surface area contributed by atoms with Gasteiger partial charge in [-0.15, -0.1) is 5.10 Å². The molecule has 1 atom stereocenters. The lowest BCUT2D eigenvalue weighted by Crippen LogP contribution is -2.52. The number of benzene rings is 2. The van der Waals surface area contributed by atoms with E-state index in [1.54, 1.807) is 11.1 Å². The van der Waals surface area contributed by atoms with Crippen molar-refractivity contribution in [3.05, 3.63) is 83.2 Å². The first-order valence-corrected chi connectivity index (χ1v) is 16.0. The second kappa shape index (κ2) is 12.8. The maximum absolute atomic E-state index is 14.0. The number of para-hydroxylation sites is 1. The molecular weight excluding hydrogens is 584 g/mol. The lowest BCUT2D eigenvalue weighted by atomic mass is 9.92. The Labute approximate surface area is 267 Å². The quantitative estimate of drug-likeness (QED) is 0.320. The predicted molar refractivity (Wildman–Crippen MR) is 171 cm³/mol. The number of aromatic nitrogens is 4. The molecule has 4 aromatic rings. The van der Waals surface area contributed by atoms with Crippen LogP contribution in [-0.2, 0) is 22.5 Å². The fourth-order valence-electron chi connectivity index (χ4n) is 7.00. The van der Waals surface area contributed by atoms with E-state index < -0.39 is 12.2 Å². The van der Waals surface area contributed by atoms with E-state index in [1.807, 2.05) is 71.3 Å². The van der Waals surface area contributed by atoms with Crippen molar-refractivity contribution in [2.75, 3.05) is 31.5 Å². The fourth-order valence-corrected chi connectivity index (χ4v) is 7.00. The number of pyridine rings is 1. The molecule has 2 aromatic heterocycles. The molecule has 46 heavy (non-hydrogen) atoms. The Kier molecular flexibility index (Phi) is 8.25. The molecule has 2 saturated heterocycles. The van der Waals surface area contributed by atoms with E-state index in [9.17, 15) is 14.4 Å². The molecule has 3 aliphatic rings. The third-order valence-electron chi connectivity index (χ3n) is 9.57. The molecule has 1 unspecified atom stereocenters. The number of nitrogens with zero attached hydrogens (tertiary/aromatic N) is 6. The number of carbonyl (C=O) groups excluding carboxylic acids is 3. The van der Waals surface area contributed by atoms with Crippen LogP contribution in [0.5, 0.6) is 0 Å². The van der Waals surface area contributed by atoms with Crippen LogP contribution in [0, 0.1) is 6.92 Å². The molecule has 0 spiro atoms. The summed E-state index contributed by atoms with van der Waals surface area (Å²) in [5, 5.41) is 14.0. The zero-order chi connectivity index (χ0) is 31.6. The molecular formula is C34H38N8O4. The molecule has 2 N–H and O–H groups in total. The van der Waals surface area contributed by atoms with Gasteiger partial charge in [0.1, 0.15) is 5.52 Å². The second-order valence-corrected chi connectivity index (χ2v) is 12.5. The Bertz CT molecular complexity index is 1730. The van der Waals surface area contributed by atoms with Crippen molar-refractivity contribution in [1.82, 2.24) is 35.1 Å². The van der Waals surface area contributed by atoms with Crippen molar-refractivity contribution < 1.29 is 19.1 Å². The first-order chi connectivity index (χ1) is 22.4. The van der Waals surface area contributed by atoms with Gasteiger partial charge in [-0.25, -0.2) is 9.59 Å². The maximum Gasteiger partial charge on any atom is 0.410 e. The molecule has 0 saturated carbocycles. The van der Waals surface area contributed by atoms with Crippen LogP contribution in [-0.4, -0.2) is 91.5 Å². The maximum atomic E-state index is 14.0. The van der Waals surface area contributed by atoms with Crippen molar-refractivity contribution in [3.63, 3.8) is 0 Å². The Morgan fingerprint density at radius 1 is 0.978 bits per heavy atom. The zero-order valence-electron chi connectivity index (χ0n) is 25.9. The third-order valence-corrected chi connectivity index (χ3v) is 9.57. The van der Waals surface area contributed by atoms with E-state index in [0.717, 1.165) is 46.4 Å². The minimum atomic E-state index is -0.982. The Balaban J connectivity index is 1.02. The molecule has 238 valence electrons. The Morgan fingerprint density at radius 3 is 2.52 bits per heavy atom. The molecule has 0 bridgehead atoms. The molecule has 3 aliphatic heterocycles. The highest BCUT2D eigenvalue weighted by Crippen LogP contribution is 2.30. The topological polar surface area (TPSA) is 137 Å². The van der Waals surface area contributed by atoms with Gasteiger partial charge in [0.15, 0.2) is 6.10 Å². The first-order valence-electron chi connectivity index (χ1n) is 16.0. The van der Waals surface area contributed by atoms with E-state index in [1.165, 1.54) is 0 Å². The number of likely N-dealkylation sites (tertiary alicyclic amines) is 2. The summed E-state index contributed by atoms with van der Waals surface area (Å²) < 4.78 is 6.05. The van der Waals surface area contributed by atoms with Crippen molar-refractivity contribution in [2.45, 2.75) is 63.6 Å². The van der Waals surface area contributed by atoms with E-state index in [0.29, 0.717) is 57.0 Å². The number of aryl methyl sites for hydroxylation is 1. The number of urea groups is 1. The third kappa shape index (κ3) is 6.11. The fraction of sp³-hybridized carbons (Fsp3) is 0.412. The van der Waals surface area contributed by atoms with Gasteiger partial charge in [0.05, 0.1) is 5.52 Å². The van der Waals surface area contributed by atoms with Crippen LogP contribution >= 0.6 is 0 Å². The van der Waals surface area contributed by atoms with Crippen LogP contribution in [0.15, 0.2) is 60.8 Å². The van der Waals surface area contributed by atoms with Gasteiger partial charge in [-0.05, 0) is 73.6 Å². The van der Waals surface area contributed by atoms with Crippen molar-refractivity contribution in [1.29, 1.82) is 0 Å². The summed E-state index contributed by atoms with van der Waals surface area (Å²) in [6.45, 7) is 4.52. The smallest absolute Gasteiger partial charge is 0.410 e. The number of aromatic amines is 1. The van der Waals surface area contributed by atoms with Crippen LogP contribution in [0.3, 0.4) is 0 Å². The van der Waals surface area contributed by atoms with Gasteiger partial charge in [0.2, 0.25) is 0 Å². The average molecular weight is 623 g/mol. The summed E-state index contributed by atoms with van der Waals surface area (Å²) in [6, 6.07) is 17.5. The number of amides is 4. The highest BCUT2D eigenvalue weighted by atomic mass is 16.6. The number of carbonyl (C=O) groups is 3. The van der Waals surface area contributed by atoms with Crippen molar-refractivity contribution >= 4 is 34.8 Å². The van der Waals surface area contributed by atoms with Gasteiger partial charge in [-0.1, -0.05) is 35.5 Å². The number of nitrogens with one attached hydrogen (secondary N) is 2. The molecule has 5 heterocycles. The summed E-state index contributed by atoms with van der Waals surface area (Å²) >= 11 is 0. The van der Waals surface area contributed by atoms with E-state index >= 15 is 0 Å². The van der Waals surface area contributed by atoms with Gasteiger partial charge in [-0.2, -0.15) is 0 Å². The van der Waals surface area contributed by atoms with E-state index in [2.05, 4.69) is 25.7 Å². The SMILES string of the molecule is Cc1cc(CC(OC(=O)N2CCC(N3Cc4ccccc4NC3=O)CC2)C(=O)N2CCC(c3ccccn3)CC2)cc2nn[nH]c12. The molecule has 4 amide bonds. The first kappa shape index (κ1) is 29.7. The van der Waals surface area contributed by atoms with Gasteiger partial charge in [0.25, 0.3) is 5.91 Å². The standard InChI is InChI=1S/C34H38N8O4/c1-22-18-23(19-29-31(22)38-39-37-29)20-30(32(43)40-14-9-24(10-15-40)27-7-4-5-13-35-27)46-34(45)41-16-11-26(12-17-41)42-21-25-6-2-3-8-28(25)36-33(42)44/h2-8,13,18-19,24,26,30H,9-12,14-17,20-21H2,1H3,(H,36,44)(H,37,38,39). The van der Waals surface area contributed by atoms with Crippen molar-refractivity contribution in [2.24, 2.45) is 0 Å². The molecule has 0 radical (unpaired) electrons. The van der Waals surface area contributed by atoms with E-state index in [-0.39, 0.29) is 24.4 Å². The van der Waals surface area contributed by atoms with Gasteiger partial charge < -0.3 is 24.8 Å². The normalized spacial score (nSPS) is 18.3. The molecule has 2 fully saturated rings. The van der Waals surface area contributed by atoms with E-state index in [4.69, 9.17) is 4.74 Å². The number of hydrogen-bond donors (Lipinski definition) is 2. The number of ether oxygens (including phenoxy) is 1. The van der Waals surface area contributed by atoms with Crippen LogP contribution in [0.4, 0.5) is 15.3 Å². The predicted octanol–water partition coefficient (Wildman–Crippen LogP) is 4.63. The molecule has 2 aromatic carbocycles. The van der Waals surface area contributed by atoms with Crippen LogP contribution in [0.2, 0.25) is 0 Å². The number of piperidine rings is 2. The van der Waals surface area contributed by atoms with Crippen LogP contribution in [0.1, 0.15) is 54.0 Å². The van der Waals surface area contributed by atoms with Gasteiger partial charge >= 0.3 is 12.1 Å². The largest absolute Gasteiger partial charge is 0.436 e. The lowest BCUT2D eigenvalue weighted by Gasteiger charge is -2.40. The summed E-state index contributed by atoms with van der Waals surface area (Å²) in [6.07, 6.45) is 3.42. The minimum Gasteiger partial charge on any atom is -0.436 e. The zero-order valence-corrected chi connectivity index (χ0v) is 25.9. The molecule has 12 nitrogen and oxygen atoms in total. The molecule has 12 heteroatoms. The summed E-state index contributed by atoms with van der Waals surface area (Å²) in [4.78, 5) is 50.3. The van der Waals surface area contributed by atoms with Crippen molar-refractivity contribution in [3.8, 4) is 0 Å². The number of anilines is 1. The number of hydrogen-bond acceptors (Lipinski definition) is 7. The van der Waals surface area contributed by atoms with Crippen LogP contribution < -0.4 is 5.32 Å². The lowest BCUT2D eigenvalue weighted by molar-refractivity contribution is -0.142.